The van der Waals surface area contributed by atoms with Gasteiger partial charge in [-0.05, 0) is 31.4 Å². The zero-order valence-electron chi connectivity index (χ0n) is 12.3. The minimum absolute atomic E-state index is 0.405. The van der Waals surface area contributed by atoms with Gasteiger partial charge in [-0.2, -0.15) is 4.98 Å². The summed E-state index contributed by atoms with van der Waals surface area (Å²) in [7, 11) is 1.58. The van der Waals surface area contributed by atoms with Crippen molar-refractivity contribution < 1.29 is 18.7 Å². The monoisotopic (exact) mass is 303 g/mol. The molecule has 1 aromatic heterocycles. The summed E-state index contributed by atoms with van der Waals surface area (Å²) in [6, 6.07) is 3.62. The first-order valence-corrected chi connectivity index (χ1v) is 7.31. The first-order valence-electron chi connectivity index (χ1n) is 7.31. The Morgan fingerprint density at radius 3 is 2.77 bits per heavy atom. The first-order chi connectivity index (χ1) is 10.7. The van der Waals surface area contributed by atoms with E-state index in [0.717, 1.165) is 24.8 Å². The Hall–Kier alpha value is -2.28. The minimum atomic E-state index is -0.445. The summed E-state index contributed by atoms with van der Waals surface area (Å²) in [4.78, 5) is 4.44. The van der Waals surface area contributed by atoms with Crippen LogP contribution >= 0.6 is 0 Å². The van der Waals surface area contributed by atoms with E-state index in [2.05, 4.69) is 10.1 Å². The molecule has 1 aliphatic carbocycles. The predicted molar refractivity (Wildman–Crippen MR) is 77.0 cm³/mol. The molecule has 1 fully saturated rings. The molecule has 0 atom stereocenters. The van der Waals surface area contributed by atoms with Crippen LogP contribution in [0.2, 0.25) is 0 Å². The fraction of sp³-hybridized carbons (Fsp3) is 0.467. The largest absolute Gasteiger partial charge is 0.493 e. The smallest absolute Gasteiger partial charge is 0.258 e. The van der Waals surface area contributed by atoms with Gasteiger partial charge in [0, 0.05) is 5.56 Å². The maximum absolute atomic E-state index is 6.23. The number of benzene rings is 1. The van der Waals surface area contributed by atoms with Crippen LogP contribution < -0.4 is 19.9 Å². The molecule has 2 aliphatic rings. The van der Waals surface area contributed by atoms with Crippen LogP contribution in [0.4, 0.5) is 0 Å². The van der Waals surface area contributed by atoms with Crippen molar-refractivity contribution in [3.8, 4) is 28.7 Å². The summed E-state index contributed by atoms with van der Waals surface area (Å²) in [6.45, 7) is 1.00. The molecule has 7 nitrogen and oxygen atoms in total. The topological polar surface area (TPSA) is 92.6 Å². The molecular formula is C15H17N3O4. The fourth-order valence-corrected chi connectivity index (χ4v) is 2.72. The summed E-state index contributed by atoms with van der Waals surface area (Å²) >= 11 is 0. The van der Waals surface area contributed by atoms with Gasteiger partial charge in [-0.3, -0.25) is 0 Å². The number of hydrogen-bond donors (Lipinski definition) is 1. The molecule has 0 saturated heterocycles. The van der Waals surface area contributed by atoms with E-state index in [1.54, 1.807) is 13.2 Å². The van der Waals surface area contributed by atoms with Crippen LogP contribution in [0, 0.1) is 0 Å². The second-order valence-corrected chi connectivity index (χ2v) is 5.64. The van der Waals surface area contributed by atoms with Crippen molar-refractivity contribution in [2.75, 3.05) is 20.3 Å². The Morgan fingerprint density at radius 1 is 1.23 bits per heavy atom. The van der Waals surface area contributed by atoms with E-state index in [0.29, 0.717) is 42.2 Å². The molecule has 22 heavy (non-hydrogen) atoms. The van der Waals surface area contributed by atoms with Crippen LogP contribution in [-0.2, 0) is 5.54 Å². The predicted octanol–water partition coefficient (Wildman–Crippen LogP) is 1.85. The average Bonchev–Trinajstić information content (AvgIpc) is 3.01. The van der Waals surface area contributed by atoms with Gasteiger partial charge in [-0.15, -0.1) is 0 Å². The number of rotatable bonds is 3. The molecule has 4 rings (SSSR count). The zero-order valence-corrected chi connectivity index (χ0v) is 12.3. The van der Waals surface area contributed by atoms with Crippen LogP contribution in [0.3, 0.4) is 0 Å². The molecule has 1 aromatic carbocycles. The van der Waals surface area contributed by atoms with Gasteiger partial charge in [0.25, 0.3) is 5.89 Å². The van der Waals surface area contributed by atoms with Gasteiger partial charge in [-0.1, -0.05) is 5.16 Å². The van der Waals surface area contributed by atoms with Crippen molar-refractivity contribution >= 4 is 0 Å². The lowest BCUT2D eigenvalue weighted by Crippen LogP contribution is -2.44. The van der Waals surface area contributed by atoms with Crippen molar-refractivity contribution in [2.45, 2.75) is 24.8 Å². The molecular weight excluding hydrogens is 286 g/mol. The maximum Gasteiger partial charge on any atom is 0.258 e. The summed E-state index contributed by atoms with van der Waals surface area (Å²) in [5.41, 5.74) is 6.51. The van der Waals surface area contributed by atoms with Gasteiger partial charge >= 0.3 is 0 Å². The van der Waals surface area contributed by atoms with Crippen LogP contribution in [0.1, 0.15) is 25.1 Å². The molecule has 1 saturated carbocycles. The zero-order chi connectivity index (χ0) is 15.2. The lowest BCUT2D eigenvalue weighted by atomic mass is 9.77. The normalized spacial score (nSPS) is 18.6. The third-order valence-corrected chi connectivity index (χ3v) is 4.19. The quantitative estimate of drug-likeness (QED) is 0.925. The van der Waals surface area contributed by atoms with Crippen LogP contribution in [0.25, 0.3) is 11.5 Å². The molecule has 0 amide bonds. The third kappa shape index (κ3) is 2.00. The lowest BCUT2D eigenvalue weighted by Gasteiger charge is -2.34. The minimum Gasteiger partial charge on any atom is -0.493 e. The van der Waals surface area contributed by atoms with Gasteiger partial charge in [0.2, 0.25) is 5.75 Å². The third-order valence-electron chi connectivity index (χ3n) is 4.19. The molecule has 2 N–H and O–H groups in total. The number of nitrogens with two attached hydrogens (primary N) is 1. The molecule has 2 heterocycles. The molecule has 2 aromatic rings. The van der Waals surface area contributed by atoms with E-state index < -0.39 is 5.54 Å². The molecule has 7 heteroatoms. The highest BCUT2D eigenvalue weighted by molar-refractivity contribution is 5.66. The lowest BCUT2D eigenvalue weighted by molar-refractivity contribution is 0.165. The summed E-state index contributed by atoms with van der Waals surface area (Å²) in [5.74, 6) is 2.76. The molecule has 116 valence electrons. The number of aromatic nitrogens is 2. The van der Waals surface area contributed by atoms with Gasteiger partial charge < -0.3 is 24.5 Å². The number of fused-ring (bicyclic) bond motifs is 1. The Kier molecular flexibility index (Phi) is 2.97. The van der Waals surface area contributed by atoms with Crippen molar-refractivity contribution in [2.24, 2.45) is 5.73 Å². The highest BCUT2D eigenvalue weighted by Gasteiger charge is 2.39. The highest BCUT2D eigenvalue weighted by Crippen LogP contribution is 2.43. The van der Waals surface area contributed by atoms with Crippen molar-refractivity contribution in [1.82, 2.24) is 10.1 Å². The average molecular weight is 303 g/mol. The fourth-order valence-electron chi connectivity index (χ4n) is 2.72. The second kappa shape index (κ2) is 4.88. The summed E-state index contributed by atoms with van der Waals surface area (Å²) in [5, 5.41) is 4.03. The Labute approximate surface area is 127 Å². The number of ether oxygens (including phenoxy) is 3. The molecule has 0 unspecified atom stereocenters. The maximum atomic E-state index is 6.23. The Bertz CT molecular complexity index is 692. The Balaban J connectivity index is 1.73. The van der Waals surface area contributed by atoms with Gasteiger partial charge in [0.05, 0.1) is 12.6 Å². The molecule has 0 radical (unpaired) electrons. The number of nitrogens with zero attached hydrogens (tertiary/aromatic N) is 2. The van der Waals surface area contributed by atoms with E-state index in [1.807, 2.05) is 6.07 Å². The molecule has 0 bridgehead atoms. The van der Waals surface area contributed by atoms with Gasteiger partial charge in [-0.25, -0.2) is 0 Å². The van der Waals surface area contributed by atoms with Crippen LogP contribution in [0.5, 0.6) is 17.2 Å². The van der Waals surface area contributed by atoms with Crippen LogP contribution in [-0.4, -0.2) is 30.5 Å². The first kappa shape index (κ1) is 13.4. The van der Waals surface area contributed by atoms with E-state index in [-0.39, 0.29) is 0 Å². The van der Waals surface area contributed by atoms with E-state index in [1.165, 1.54) is 0 Å². The van der Waals surface area contributed by atoms with E-state index in [4.69, 9.17) is 24.5 Å². The number of methoxy groups -OCH3 is 1. The van der Waals surface area contributed by atoms with E-state index in [9.17, 15) is 0 Å². The number of hydrogen-bond acceptors (Lipinski definition) is 7. The van der Waals surface area contributed by atoms with E-state index >= 15 is 0 Å². The molecule has 1 aliphatic heterocycles. The standard InChI is InChI=1S/C15H17N3O4/c1-19-10-7-9(8-11-12(10)21-6-5-20-11)13-17-14(18-22-13)15(16)3-2-4-15/h7-8H,2-6,16H2,1H3. The molecule has 0 spiro atoms. The SMILES string of the molecule is COc1cc(-c2nc(C3(N)CCC3)no2)cc2c1OCCO2. The van der Waals surface area contributed by atoms with Gasteiger partial charge in [0.1, 0.15) is 13.2 Å². The van der Waals surface area contributed by atoms with Crippen molar-refractivity contribution in [3.63, 3.8) is 0 Å². The highest BCUT2D eigenvalue weighted by atomic mass is 16.6. The van der Waals surface area contributed by atoms with Crippen molar-refractivity contribution in [3.05, 3.63) is 18.0 Å². The second-order valence-electron chi connectivity index (χ2n) is 5.64. The summed E-state index contributed by atoms with van der Waals surface area (Å²) in [6.07, 6.45) is 2.87. The van der Waals surface area contributed by atoms with Gasteiger partial charge in [0.15, 0.2) is 17.3 Å². The summed E-state index contributed by atoms with van der Waals surface area (Å²) < 4.78 is 21.9. The Morgan fingerprint density at radius 2 is 2.05 bits per heavy atom. The van der Waals surface area contributed by atoms with Crippen LogP contribution in [0.15, 0.2) is 16.7 Å². The van der Waals surface area contributed by atoms with Crippen molar-refractivity contribution in [1.29, 1.82) is 0 Å².